The van der Waals surface area contributed by atoms with Crippen LogP contribution in [-0.4, -0.2) is 11.9 Å². The van der Waals surface area contributed by atoms with Crippen LogP contribution in [0, 0.1) is 6.92 Å². The topological polar surface area (TPSA) is 82.4 Å². The fraction of sp³-hybridized carbons (Fsp3) is 0.294. The molecule has 1 N–H and O–H groups in total. The predicted molar refractivity (Wildman–Crippen MR) is 78.8 cm³/mol. The third kappa shape index (κ3) is 2.62. The minimum absolute atomic E-state index is 0.0312. The molecule has 0 aliphatic heterocycles. The van der Waals surface area contributed by atoms with Crippen molar-refractivity contribution >= 4 is 17.6 Å². The van der Waals surface area contributed by atoms with Gasteiger partial charge < -0.3 is 19.6 Å². The van der Waals surface area contributed by atoms with Gasteiger partial charge in [0.15, 0.2) is 0 Å². The summed E-state index contributed by atoms with van der Waals surface area (Å²) in [5.41, 5.74) is 2.02. The first-order valence-corrected chi connectivity index (χ1v) is 7.30. The monoisotopic (exact) mass is 298 g/mol. The number of hydrogen-bond donors (Lipinski definition) is 1. The molecule has 5 heteroatoms. The Bertz CT molecular complexity index is 745. The fourth-order valence-electron chi connectivity index (χ4n) is 2.92. The van der Waals surface area contributed by atoms with Gasteiger partial charge in [-0.1, -0.05) is 12.1 Å². The van der Waals surface area contributed by atoms with E-state index in [0.29, 0.717) is 17.0 Å². The van der Waals surface area contributed by atoms with Crippen LogP contribution in [0.2, 0.25) is 0 Å². The van der Waals surface area contributed by atoms with Gasteiger partial charge in [0.05, 0.1) is 11.5 Å². The molecule has 114 valence electrons. The highest BCUT2D eigenvalue weighted by Crippen LogP contribution is 2.30. The van der Waals surface area contributed by atoms with Crippen molar-refractivity contribution in [1.29, 1.82) is 0 Å². The number of aryl methyl sites for hydroxylation is 2. The van der Waals surface area contributed by atoms with E-state index in [0.717, 1.165) is 37.0 Å². The van der Waals surface area contributed by atoms with Crippen molar-refractivity contribution in [1.82, 2.24) is 0 Å². The second-order valence-electron chi connectivity index (χ2n) is 5.46. The number of hydrogen-bond acceptors (Lipinski definition) is 4. The van der Waals surface area contributed by atoms with Crippen molar-refractivity contribution in [2.75, 3.05) is 5.32 Å². The van der Waals surface area contributed by atoms with Crippen LogP contribution < -0.4 is 10.4 Å². The number of benzene rings is 1. The minimum Gasteiger partial charge on any atom is -0.545 e. The predicted octanol–water partition coefficient (Wildman–Crippen LogP) is 2.08. The van der Waals surface area contributed by atoms with Crippen molar-refractivity contribution in [3.8, 4) is 0 Å². The van der Waals surface area contributed by atoms with Crippen LogP contribution in [0.1, 0.15) is 50.6 Å². The summed E-state index contributed by atoms with van der Waals surface area (Å²) in [6.07, 6.45) is 3.83. The molecular formula is C17H16NO4-. The van der Waals surface area contributed by atoms with E-state index >= 15 is 0 Å². The lowest BCUT2D eigenvalue weighted by atomic mass is 9.94. The molecule has 1 aliphatic carbocycles. The average molecular weight is 298 g/mol. The van der Waals surface area contributed by atoms with Crippen molar-refractivity contribution in [2.45, 2.75) is 32.6 Å². The molecule has 3 rings (SSSR count). The Morgan fingerprint density at radius 2 is 2.00 bits per heavy atom. The molecule has 22 heavy (non-hydrogen) atoms. The highest BCUT2D eigenvalue weighted by molar-refractivity contribution is 6.06. The second kappa shape index (κ2) is 5.67. The minimum atomic E-state index is -1.27. The number of carbonyl (C=O) groups is 2. The summed E-state index contributed by atoms with van der Waals surface area (Å²) < 4.78 is 5.69. The Morgan fingerprint density at radius 1 is 1.23 bits per heavy atom. The maximum Gasteiger partial charge on any atom is 0.259 e. The lowest BCUT2D eigenvalue weighted by Crippen LogP contribution is -2.22. The van der Waals surface area contributed by atoms with Gasteiger partial charge in [-0.15, -0.1) is 0 Å². The number of amides is 1. The van der Waals surface area contributed by atoms with Gasteiger partial charge in [-0.05, 0) is 43.9 Å². The van der Waals surface area contributed by atoms with Crippen molar-refractivity contribution in [3.05, 3.63) is 52.5 Å². The standard InChI is InChI=1S/C17H17NO4/c1-10-15(13-7-2-3-8-14(13)22-10)16(19)18-12-6-4-5-11(9-12)17(20)21/h4-6,9H,2-3,7-8H2,1H3,(H,18,19)(H,20,21)/p-1. The number of rotatable bonds is 3. The SMILES string of the molecule is Cc1oc2c(c1C(=O)Nc1cccc(C(=O)[O-])c1)CCCC2. The first-order chi connectivity index (χ1) is 10.6. The summed E-state index contributed by atoms with van der Waals surface area (Å²) in [5, 5.41) is 13.6. The molecule has 2 aromatic rings. The number of anilines is 1. The molecule has 0 atom stereocenters. The third-order valence-electron chi connectivity index (χ3n) is 3.93. The molecular weight excluding hydrogens is 282 g/mol. The van der Waals surface area contributed by atoms with E-state index in [1.165, 1.54) is 12.1 Å². The normalized spacial score (nSPS) is 13.5. The molecule has 1 aliphatic rings. The van der Waals surface area contributed by atoms with Crippen LogP contribution in [0.5, 0.6) is 0 Å². The zero-order chi connectivity index (χ0) is 15.7. The molecule has 1 amide bonds. The van der Waals surface area contributed by atoms with E-state index in [-0.39, 0.29) is 11.5 Å². The Balaban J connectivity index is 1.88. The Kier molecular flexibility index (Phi) is 3.71. The molecule has 0 unspecified atom stereocenters. The van der Waals surface area contributed by atoms with Crippen LogP contribution >= 0.6 is 0 Å². The van der Waals surface area contributed by atoms with Gasteiger partial charge in [0.2, 0.25) is 0 Å². The third-order valence-corrected chi connectivity index (χ3v) is 3.93. The first kappa shape index (κ1) is 14.4. The number of furan rings is 1. The summed E-state index contributed by atoms with van der Waals surface area (Å²) >= 11 is 0. The molecule has 1 heterocycles. The summed E-state index contributed by atoms with van der Waals surface area (Å²) in [7, 11) is 0. The smallest absolute Gasteiger partial charge is 0.259 e. The number of carboxylic acids is 1. The summed E-state index contributed by atoms with van der Waals surface area (Å²) in [4.78, 5) is 23.4. The van der Waals surface area contributed by atoms with Crippen LogP contribution in [0.4, 0.5) is 5.69 Å². The van der Waals surface area contributed by atoms with Crippen LogP contribution in [0.3, 0.4) is 0 Å². The highest BCUT2D eigenvalue weighted by Gasteiger charge is 2.25. The van der Waals surface area contributed by atoms with Crippen LogP contribution in [-0.2, 0) is 12.8 Å². The lowest BCUT2D eigenvalue weighted by Gasteiger charge is -2.12. The van der Waals surface area contributed by atoms with E-state index in [4.69, 9.17) is 4.42 Å². The quantitative estimate of drug-likeness (QED) is 0.940. The molecule has 0 spiro atoms. The summed E-state index contributed by atoms with van der Waals surface area (Å²) in [6.45, 7) is 1.78. The zero-order valence-corrected chi connectivity index (χ0v) is 12.3. The molecule has 0 saturated heterocycles. The maximum absolute atomic E-state index is 12.5. The molecule has 0 radical (unpaired) electrons. The Hall–Kier alpha value is -2.56. The number of carboxylic acid groups (broad SMARTS) is 1. The molecule has 0 fully saturated rings. The summed E-state index contributed by atoms with van der Waals surface area (Å²) in [5.74, 6) is -0.0225. The molecule has 1 aromatic heterocycles. The van der Waals surface area contributed by atoms with E-state index in [1.54, 1.807) is 19.1 Å². The Morgan fingerprint density at radius 3 is 2.77 bits per heavy atom. The fourth-order valence-corrected chi connectivity index (χ4v) is 2.92. The number of nitrogens with one attached hydrogen (secondary N) is 1. The van der Waals surface area contributed by atoms with Gasteiger partial charge in [0.1, 0.15) is 11.5 Å². The van der Waals surface area contributed by atoms with Crippen molar-refractivity contribution in [3.63, 3.8) is 0 Å². The van der Waals surface area contributed by atoms with Crippen LogP contribution in [0.25, 0.3) is 0 Å². The van der Waals surface area contributed by atoms with Crippen molar-refractivity contribution in [2.24, 2.45) is 0 Å². The van der Waals surface area contributed by atoms with Gasteiger partial charge >= 0.3 is 0 Å². The van der Waals surface area contributed by atoms with E-state index in [9.17, 15) is 14.7 Å². The van der Waals surface area contributed by atoms with Crippen LogP contribution in [0.15, 0.2) is 28.7 Å². The second-order valence-corrected chi connectivity index (χ2v) is 5.46. The number of fused-ring (bicyclic) bond motifs is 1. The highest BCUT2D eigenvalue weighted by atomic mass is 16.4. The molecule has 0 saturated carbocycles. The van der Waals surface area contributed by atoms with E-state index in [2.05, 4.69) is 5.32 Å². The lowest BCUT2D eigenvalue weighted by molar-refractivity contribution is -0.255. The summed E-state index contributed by atoms with van der Waals surface area (Å²) in [6, 6.07) is 6.02. The number of aromatic carboxylic acids is 1. The van der Waals surface area contributed by atoms with Gasteiger partial charge in [0, 0.05) is 17.7 Å². The molecule has 5 nitrogen and oxygen atoms in total. The van der Waals surface area contributed by atoms with Crippen molar-refractivity contribution < 1.29 is 19.1 Å². The van der Waals surface area contributed by atoms with Gasteiger partial charge in [-0.25, -0.2) is 0 Å². The van der Waals surface area contributed by atoms with E-state index in [1.807, 2.05) is 0 Å². The van der Waals surface area contributed by atoms with E-state index < -0.39 is 5.97 Å². The van der Waals surface area contributed by atoms with Gasteiger partial charge in [0.25, 0.3) is 5.91 Å². The Labute approximate surface area is 127 Å². The maximum atomic E-state index is 12.5. The molecule has 1 aromatic carbocycles. The zero-order valence-electron chi connectivity index (χ0n) is 12.3. The van der Waals surface area contributed by atoms with Gasteiger partial charge in [-0.2, -0.15) is 0 Å². The largest absolute Gasteiger partial charge is 0.545 e. The molecule has 0 bridgehead atoms. The number of carbonyl (C=O) groups excluding carboxylic acids is 2. The first-order valence-electron chi connectivity index (χ1n) is 7.30. The van der Waals surface area contributed by atoms with Gasteiger partial charge in [-0.3, -0.25) is 4.79 Å². The average Bonchev–Trinajstić information content (AvgIpc) is 2.83.